The van der Waals surface area contributed by atoms with Crippen molar-refractivity contribution in [2.45, 2.75) is 53.0 Å². The molecule has 0 aliphatic carbocycles. The fourth-order valence-electron chi connectivity index (χ4n) is 1.85. The van der Waals surface area contributed by atoms with Crippen LogP contribution in [0.3, 0.4) is 0 Å². The first kappa shape index (κ1) is 16.7. The van der Waals surface area contributed by atoms with E-state index in [1.165, 1.54) is 0 Å². The molecule has 0 heterocycles. The van der Waals surface area contributed by atoms with E-state index in [1.54, 1.807) is 12.2 Å². The van der Waals surface area contributed by atoms with Gasteiger partial charge in [-0.15, -0.1) is 0 Å². The van der Waals surface area contributed by atoms with E-state index in [-0.39, 0.29) is 17.7 Å². The molecule has 2 unspecified atom stereocenters. The highest BCUT2D eigenvalue weighted by molar-refractivity contribution is 5.85. The van der Waals surface area contributed by atoms with E-state index in [0.29, 0.717) is 6.42 Å². The van der Waals surface area contributed by atoms with Gasteiger partial charge in [-0.1, -0.05) is 39.3 Å². The Morgan fingerprint density at radius 3 is 2.33 bits per heavy atom. The van der Waals surface area contributed by atoms with Gasteiger partial charge >= 0.3 is 5.97 Å². The molecule has 0 spiro atoms. The summed E-state index contributed by atoms with van der Waals surface area (Å²) in [4.78, 5) is 23.1. The third kappa shape index (κ3) is 5.84. The molecule has 2 N–H and O–H groups in total. The second-order valence-electron chi connectivity index (χ2n) is 4.84. The molecule has 104 valence electrons. The van der Waals surface area contributed by atoms with Crippen LogP contribution in [0.2, 0.25) is 0 Å². The maximum atomic E-state index is 12.1. The lowest BCUT2D eigenvalue weighted by Gasteiger charge is -2.22. The summed E-state index contributed by atoms with van der Waals surface area (Å²) in [6, 6.07) is -0.827. The van der Waals surface area contributed by atoms with Gasteiger partial charge in [0.15, 0.2) is 0 Å². The zero-order valence-electron chi connectivity index (χ0n) is 11.8. The topological polar surface area (TPSA) is 66.4 Å². The number of amides is 1. The molecule has 0 saturated carbocycles. The molecule has 0 aromatic carbocycles. The van der Waals surface area contributed by atoms with Gasteiger partial charge in [-0.2, -0.15) is 0 Å². The fraction of sp³-hybridized carbons (Fsp3) is 0.714. The van der Waals surface area contributed by atoms with Gasteiger partial charge in [-0.3, -0.25) is 4.79 Å². The summed E-state index contributed by atoms with van der Waals surface area (Å²) in [7, 11) is 0. The molecule has 0 radical (unpaired) electrons. The molecular formula is C14H25NO3. The van der Waals surface area contributed by atoms with Crippen LogP contribution < -0.4 is 5.32 Å². The van der Waals surface area contributed by atoms with Crippen LogP contribution in [0.1, 0.15) is 47.0 Å². The molecule has 18 heavy (non-hydrogen) atoms. The maximum Gasteiger partial charge on any atom is 0.326 e. The van der Waals surface area contributed by atoms with Crippen molar-refractivity contribution < 1.29 is 14.7 Å². The van der Waals surface area contributed by atoms with E-state index >= 15 is 0 Å². The standard InChI is InChI=1S/C14H25NO3/c1-5-7-9-12(14(17)18)15-13(16)11(8-6-2)10(3)4/h5,7,10-12H,6,8-9H2,1-4H3,(H,15,16)(H,17,18)/b7-5+. The molecule has 4 nitrogen and oxygen atoms in total. The van der Waals surface area contributed by atoms with Crippen molar-refractivity contribution in [1.29, 1.82) is 0 Å². The second-order valence-corrected chi connectivity index (χ2v) is 4.84. The summed E-state index contributed by atoms with van der Waals surface area (Å²) >= 11 is 0. The summed E-state index contributed by atoms with van der Waals surface area (Å²) < 4.78 is 0. The Morgan fingerprint density at radius 1 is 1.33 bits per heavy atom. The van der Waals surface area contributed by atoms with Gasteiger partial charge in [-0.05, 0) is 25.7 Å². The predicted octanol–water partition coefficient (Wildman–Crippen LogP) is 2.59. The summed E-state index contributed by atoms with van der Waals surface area (Å²) in [6.07, 6.45) is 5.58. The molecule has 0 rings (SSSR count). The zero-order valence-corrected chi connectivity index (χ0v) is 11.8. The van der Waals surface area contributed by atoms with E-state index in [2.05, 4.69) is 5.32 Å². The van der Waals surface area contributed by atoms with E-state index in [1.807, 2.05) is 27.7 Å². The molecule has 0 aromatic rings. The lowest BCUT2D eigenvalue weighted by Crippen LogP contribution is -2.44. The Hall–Kier alpha value is -1.32. The summed E-state index contributed by atoms with van der Waals surface area (Å²) in [5, 5.41) is 11.7. The number of aliphatic carboxylic acids is 1. The average molecular weight is 255 g/mol. The SMILES string of the molecule is C/C=C/CC(NC(=O)C(CCC)C(C)C)C(=O)O. The highest BCUT2D eigenvalue weighted by Gasteiger charge is 2.25. The predicted molar refractivity (Wildman–Crippen MR) is 72.2 cm³/mol. The second kappa shape index (κ2) is 8.72. The van der Waals surface area contributed by atoms with Crippen molar-refractivity contribution in [2.24, 2.45) is 11.8 Å². The number of allylic oxidation sites excluding steroid dienone is 1. The molecule has 0 saturated heterocycles. The van der Waals surface area contributed by atoms with Gasteiger partial charge in [0.25, 0.3) is 0 Å². The molecule has 2 atom stereocenters. The van der Waals surface area contributed by atoms with E-state index in [0.717, 1.165) is 12.8 Å². The van der Waals surface area contributed by atoms with E-state index in [9.17, 15) is 9.59 Å². The molecule has 1 amide bonds. The lowest BCUT2D eigenvalue weighted by molar-refractivity contribution is -0.142. The van der Waals surface area contributed by atoms with Crippen molar-refractivity contribution in [3.8, 4) is 0 Å². The minimum absolute atomic E-state index is 0.109. The van der Waals surface area contributed by atoms with Gasteiger partial charge in [-0.25, -0.2) is 4.79 Å². The van der Waals surface area contributed by atoms with Gasteiger partial charge < -0.3 is 10.4 Å². The normalized spacial score (nSPS) is 14.7. The van der Waals surface area contributed by atoms with Crippen LogP contribution in [0.4, 0.5) is 0 Å². The fourth-order valence-corrected chi connectivity index (χ4v) is 1.85. The monoisotopic (exact) mass is 255 g/mol. The van der Waals surface area contributed by atoms with E-state index in [4.69, 9.17) is 5.11 Å². The number of nitrogens with one attached hydrogen (secondary N) is 1. The van der Waals surface area contributed by atoms with Gasteiger partial charge in [0, 0.05) is 5.92 Å². The minimum Gasteiger partial charge on any atom is -0.480 e. The summed E-state index contributed by atoms with van der Waals surface area (Å²) in [6.45, 7) is 7.83. The molecular weight excluding hydrogens is 230 g/mol. The van der Waals surface area contributed by atoms with Crippen LogP contribution in [-0.2, 0) is 9.59 Å². The third-order valence-electron chi connectivity index (χ3n) is 2.96. The van der Waals surface area contributed by atoms with Crippen LogP contribution in [-0.4, -0.2) is 23.0 Å². The number of hydrogen-bond donors (Lipinski definition) is 2. The van der Waals surface area contributed by atoms with Crippen LogP contribution in [0, 0.1) is 11.8 Å². The maximum absolute atomic E-state index is 12.1. The van der Waals surface area contributed by atoms with Crippen LogP contribution >= 0.6 is 0 Å². The van der Waals surface area contributed by atoms with Gasteiger partial charge in [0.2, 0.25) is 5.91 Å². The van der Waals surface area contributed by atoms with Crippen molar-refractivity contribution in [2.75, 3.05) is 0 Å². The average Bonchev–Trinajstić information content (AvgIpc) is 2.30. The van der Waals surface area contributed by atoms with E-state index < -0.39 is 12.0 Å². The molecule has 0 aromatic heterocycles. The Labute approximate surface area is 109 Å². The third-order valence-corrected chi connectivity index (χ3v) is 2.96. The van der Waals surface area contributed by atoms with Crippen LogP contribution in [0.25, 0.3) is 0 Å². The van der Waals surface area contributed by atoms with Crippen LogP contribution in [0.5, 0.6) is 0 Å². The Bertz CT molecular complexity index is 297. The van der Waals surface area contributed by atoms with Gasteiger partial charge in [0.1, 0.15) is 6.04 Å². The largest absolute Gasteiger partial charge is 0.480 e. The highest BCUT2D eigenvalue weighted by atomic mass is 16.4. The summed E-state index contributed by atoms with van der Waals surface area (Å²) in [5.74, 6) is -1.02. The highest BCUT2D eigenvalue weighted by Crippen LogP contribution is 2.17. The minimum atomic E-state index is -0.986. The quantitative estimate of drug-likeness (QED) is 0.655. The number of hydrogen-bond acceptors (Lipinski definition) is 2. The smallest absolute Gasteiger partial charge is 0.326 e. The first-order valence-electron chi connectivity index (χ1n) is 6.58. The Kier molecular flexibility index (Phi) is 8.08. The van der Waals surface area contributed by atoms with Crippen molar-refractivity contribution in [1.82, 2.24) is 5.32 Å². The van der Waals surface area contributed by atoms with Gasteiger partial charge in [0.05, 0.1) is 0 Å². The Balaban J connectivity index is 4.59. The number of carboxylic acid groups (broad SMARTS) is 1. The first-order chi connectivity index (χ1) is 8.43. The zero-order chi connectivity index (χ0) is 14.1. The molecule has 4 heteroatoms. The number of carbonyl (C=O) groups excluding carboxylic acids is 1. The van der Waals surface area contributed by atoms with Crippen LogP contribution in [0.15, 0.2) is 12.2 Å². The number of carboxylic acids is 1. The first-order valence-corrected chi connectivity index (χ1v) is 6.58. The molecule has 0 aliphatic heterocycles. The van der Waals surface area contributed by atoms with Crippen molar-refractivity contribution in [3.05, 3.63) is 12.2 Å². The Morgan fingerprint density at radius 2 is 1.94 bits per heavy atom. The number of rotatable bonds is 8. The molecule has 0 bridgehead atoms. The molecule has 0 aliphatic rings. The summed E-state index contributed by atoms with van der Waals surface area (Å²) in [5.41, 5.74) is 0. The molecule has 0 fully saturated rings. The lowest BCUT2D eigenvalue weighted by atomic mass is 9.90. The van der Waals surface area contributed by atoms with Crippen molar-refractivity contribution in [3.63, 3.8) is 0 Å². The van der Waals surface area contributed by atoms with Crippen molar-refractivity contribution >= 4 is 11.9 Å². The number of carbonyl (C=O) groups is 2.